The molecule has 2 heteroatoms. The van der Waals surface area contributed by atoms with Gasteiger partial charge in [-0.05, 0) is 35.7 Å². The molecule has 0 fully saturated rings. The molecule has 0 aliphatic rings. The van der Waals surface area contributed by atoms with Gasteiger partial charge in [-0.15, -0.1) is 0 Å². The Morgan fingerprint density at radius 3 is 2.44 bits per heavy atom. The van der Waals surface area contributed by atoms with E-state index in [1.165, 1.54) is 0 Å². The summed E-state index contributed by atoms with van der Waals surface area (Å²) in [6.45, 7) is 2.00. The topological polar surface area (TPSA) is 49.8 Å². The third-order valence-electron chi connectivity index (χ3n) is 2.60. The molecule has 0 saturated carbocycles. The lowest BCUT2D eigenvalue weighted by atomic mass is 9.97. The number of hydrogen-bond acceptors (Lipinski definition) is 2. The number of nitriles is 1. The maximum Gasteiger partial charge on any atom is 0.101 e. The molecule has 0 radical (unpaired) electrons. The van der Waals surface area contributed by atoms with Crippen LogP contribution in [-0.4, -0.2) is 0 Å². The Hall–Kier alpha value is -2.27. The molecule has 0 aliphatic heterocycles. The Bertz CT molecular complexity index is 551. The highest BCUT2D eigenvalue weighted by molar-refractivity contribution is 5.73. The highest BCUT2D eigenvalue weighted by Gasteiger charge is 2.06. The molecule has 2 nitrogen and oxygen atoms in total. The monoisotopic (exact) mass is 208 g/mol. The molecule has 0 aromatic heterocycles. The van der Waals surface area contributed by atoms with Crippen molar-refractivity contribution in [3.8, 4) is 17.2 Å². The highest BCUT2D eigenvalue weighted by atomic mass is 14.6. The first-order chi connectivity index (χ1) is 7.72. The van der Waals surface area contributed by atoms with Gasteiger partial charge in [0.15, 0.2) is 0 Å². The molecule has 2 aromatic rings. The van der Waals surface area contributed by atoms with Crippen LogP contribution in [-0.2, 0) is 0 Å². The van der Waals surface area contributed by atoms with Crippen molar-refractivity contribution in [2.24, 2.45) is 0 Å². The molecule has 78 valence electrons. The van der Waals surface area contributed by atoms with E-state index in [4.69, 9.17) is 11.0 Å². The lowest BCUT2D eigenvalue weighted by Crippen LogP contribution is -1.93. The fraction of sp³-hybridized carbons (Fsp3) is 0.0714. The van der Waals surface area contributed by atoms with Crippen LogP contribution < -0.4 is 5.73 Å². The van der Waals surface area contributed by atoms with Gasteiger partial charge in [-0.2, -0.15) is 5.26 Å². The van der Waals surface area contributed by atoms with Gasteiger partial charge in [0.1, 0.15) is 6.07 Å². The van der Waals surface area contributed by atoms with Gasteiger partial charge in [0.05, 0.1) is 5.56 Å². The second-order valence-electron chi connectivity index (χ2n) is 3.73. The quantitative estimate of drug-likeness (QED) is 0.732. The van der Waals surface area contributed by atoms with Crippen molar-refractivity contribution in [1.29, 1.82) is 5.26 Å². The summed E-state index contributed by atoms with van der Waals surface area (Å²) < 4.78 is 0. The van der Waals surface area contributed by atoms with Crippen molar-refractivity contribution in [3.05, 3.63) is 53.6 Å². The van der Waals surface area contributed by atoms with Crippen LogP contribution >= 0.6 is 0 Å². The van der Waals surface area contributed by atoms with Crippen molar-refractivity contribution in [1.82, 2.24) is 0 Å². The first-order valence-corrected chi connectivity index (χ1v) is 5.08. The zero-order valence-electron chi connectivity index (χ0n) is 9.07. The van der Waals surface area contributed by atoms with Gasteiger partial charge in [0.25, 0.3) is 0 Å². The smallest absolute Gasteiger partial charge is 0.101 e. The predicted octanol–water partition coefficient (Wildman–Crippen LogP) is 3.12. The molecule has 0 bridgehead atoms. The second kappa shape index (κ2) is 4.08. The highest BCUT2D eigenvalue weighted by Crippen LogP contribution is 2.27. The fourth-order valence-corrected chi connectivity index (χ4v) is 1.76. The van der Waals surface area contributed by atoms with E-state index in [1.807, 2.05) is 49.4 Å². The predicted molar refractivity (Wildman–Crippen MR) is 65.7 cm³/mol. The first kappa shape index (κ1) is 10.3. The summed E-state index contributed by atoms with van der Waals surface area (Å²) in [7, 11) is 0. The van der Waals surface area contributed by atoms with Crippen molar-refractivity contribution in [3.63, 3.8) is 0 Å². The SMILES string of the molecule is Cc1cc(N)c(C#N)cc1-c1ccccc1. The van der Waals surface area contributed by atoms with Crippen LogP contribution in [0.5, 0.6) is 0 Å². The number of benzene rings is 2. The van der Waals surface area contributed by atoms with Crippen LogP contribution in [0, 0.1) is 18.3 Å². The number of hydrogen-bond donors (Lipinski definition) is 1. The van der Waals surface area contributed by atoms with Gasteiger partial charge in [0, 0.05) is 5.69 Å². The molecule has 16 heavy (non-hydrogen) atoms. The van der Waals surface area contributed by atoms with E-state index in [1.54, 1.807) is 0 Å². The van der Waals surface area contributed by atoms with Crippen molar-refractivity contribution in [2.45, 2.75) is 6.92 Å². The molecule has 0 aliphatic carbocycles. The van der Waals surface area contributed by atoms with E-state index in [2.05, 4.69) is 6.07 Å². The number of aryl methyl sites for hydroxylation is 1. The summed E-state index contributed by atoms with van der Waals surface area (Å²) in [6, 6.07) is 15.8. The van der Waals surface area contributed by atoms with Crippen molar-refractivity contribution >= 4 is 5.69 Å². The van der Waals surface area contributed by atoms with Crippen LogP contribution in [0.4, 0.5) is 5.69 Å². The van der Waals surface area contributed by atoms with Gasteiger partial charge in [-0.1, -0.05) is 30.3 Å². The van der Waals surface area contributed by atoms with E-state index in [0.717, 1.165) is 16.7 Å². The standard InChI is InChI=1S/C14H12N2/c1-10-7-14(16)12(9-15)8-13(10)11-5-3-2-4-6-11/h2-8H,16H2,1H3. The Morgan fingerprint density at radius 2 is 1.81 bits per heavy atom. The minimum absolute atomic E-state index is 0.532. The average Bonchev–Trinajstić information content (AvgIpc) is 2.30. The van der Waals surface area contributed by atoms with E-state index in [0.29, 0.717) is 11.3 Å². The van der Waals surface area contributed by atoms with Crippen molar-refractivity contribution < 1.29 is 0 Å². The number of nitrogens with two attached hydrogens (primary N) is 1. The maximum absolute atomic E-state index is 8.95. The molecule has 0 heterocycles. The van der Waals surface area contributed by atoms with Gasteiger partial charge < -0.3 is 5.73 Å². The summed E-state index contributed by atoms with van der Waals surface area (Å²) in [5.74, 6) is 0. The molecule has 2 rings (SSSR count). The Balaban J connectivity index is 2.63. The summed E-state index contributed by atoms with van der Waals surface area (Å²) in [6.07, 6.45) is 0. The van der Waals surface area contributed by atoms with E-state index >= 15 is 0 Å². The third-order valence-corrected chi connectivity index (χ3v) is 2.60. The Morgan fingerprint density at radius 1 is 1.12 bits per heavy atom. The molecule has 0 atom stereocenters. The third kappa shape index (κ3) is 1.76. The average molecular weight is 208 g/mol. The van der Waals surface area contributed by atoms with E-state index in [9.17, 15) is 0 Å². The minimum atomic E-state index is 0.532. The van der Waals surface area contributed by atoms with Gasteiger partial charge in [-0.3, -0.25) is 0 Å². The lowest BCUT2D eigenvalue weighted by molar-refractivity contribution is 1.42. The molecule has 0 saturated heterocycles. The summed E-state index contributed by atoms with van der Waals surface area (Å²) >= 11 is 0. The van der Waals surface area contributed by atoms with Crippen molar-refractivity contribution in [2.75, 3.05) is 5.73 Å². The number of nitrogen functional groups attached to an aromatic ring is 1. The van der Waals surface area contributed by atoms with E-state index < -0.39 is 0 Å². The normalized spacial score (nSPS) is 9.75. The van der Waals surface area contributed by atoms with Crippen LogP contribution in [0.2, 0.25) is 0 Å². The molecule has 0 amide bonds. The molecule has 0 unspecified atom stereocenters. The summed E-state index contributed by atoms with van der Waals surface area (Å²) in [5.41, 5.74) is 10.1. The molecular weight excluding hydrogens is 196 g/mol. The minimum Gasteiger partial charge on any atom is -0.398 e. The number of nitrogens with zero attached hydrogens (tertiary/aromatic N) is 1. The lowest BCUT2D eigenvalue weighted by Gasteiger charge is -2.08. The van der Waals surface area contributed by atoms with Crippen LogP contribution in [0.3, 0.4) is 0 Å². The zero-order valence-corrected chi connectivity index (χ0v) is 9.07. The molecular formula is C14H12N2. The first-order valence-electron chi connectivity index (χ1n) is 5.08. The van der Waals surface area contributed by atoms with E-state index in [-0.39, 0.29) is 0 Å². The van der Waals surface area contributed by atoms with Crippen LogP contribution in [0.25, 0.3) is 11.1 Å². The molecule has 0 spiro atoms. The van der Waals surface area contributed by atoms with Crippen LogP contribution in [0.1, 0.15) is 11.1 Å². The maximum atomic E-state index is 8.95. The molecule has 2 aromatic carbocycles. The molecule has 2 N–H and O–H groups in total. The number of anilines is 1. The summed E-state index contributed by atoms with van der Waals surface area (Å²) in [4.78, 5) is 0. The van der Waals surface area contributed by atoms with Gasteiger partial charge in [0.2, 0.25) is 0 Å². The van der Waals surface area contributed by atoms with Gasteiger partial charge >= 0.3 is 0 Å². The largest absolute Gasteiger partial charge is 0.398 e. The fourth-order valence-electron chi connectivity index (χ4n) is 1.76. The Labute approximate surface area is 95.0 Å². The summed E-state index contributed by atoms with van der Waals surface area (Å²) in [5, 5.41) is 8.95. The zero-order chi connectivity index (χ0) is 11.5. The Kier molecular flexibility index (Phi) is 2.61. The second-order valence-corrected chi connectivity index (χ2v) is 3.73. The number of rotatable bonds is 1. The van der Waals surface area contributed by atoms with Gasteiger partial charge in [-0.25, -0.2) is 0 Å². The van der Waals surface area contributed by atoms with Crippen LogP contribution in [0.15, 0.2) is 42.5 Å².